The minimum atomic E-state index is 0.276. The van der Waals surface area contributed by atoms with Gasteiger partial charge >= 0.3 is 0 Å². The maximum Gasteiger partial charge on any atom is 0.231 e. The Hall–Kier alpha value is -1.39. The van der Waals surface area contributed by atoms with E-state index in [-0.39, 0.29) is 6.79 Å². The van der Waals surface area contributed by atoms with Gasteiger partial charge in [-0.15, -0.1) is 0 Å². The predicted molar refractivity (Wildman–Crippen MR) is 76.0 cm³/mol. The average molecular weight is 342 g/mol. The molecule has 0 spiro atoms. The SMILES string of the molecule is Clc1cc(Br)ccc1OCc1ccc2c(c1)OCO2. The van der Waals surface area contributed by atoms with Gasteiger partial charge in [0.25, 0.3) is 0 Å². The van der Waals surface area contributed by atoms with Crippen LogP contribution in [-0.4, -0.2) is 6.79 Å². The molecule has 0 saturated heterocycles. The van der Waals surface area contributed by atoms with E-state index >= 15 is 0 Å². The lowest BCUT2D eigenvalue weighted by Crippen LogP contribution is -1.96. The number of hydrogen-bond donors (Lipinski definition) is 0. The van der Waals surface area contributed by atoms with E-state index in [4.69, 9.17) is 25.8 Å². The molecule has 1 heterocycles. The number of rotatable bonds is 3. The molecule has 0 radical (unpaired) electrons. The van der Waals surface area contributed by atoms with Gasteiger partial charge in [0.15, 0.2) is 11.5 Å². The lowest BCUT2D eigenvalue weighted by molar-refractivity contribution is 0.174. The first-order chi connectivity index (χ1) is 9.22. The molecule has 0 N–H and O–H groups in total. The van der Waals surface area contributed by atoms with Crippen LogP contribution in [0.2, 0.25) is 5.02 Å². The molecule has 0 unspecified atom stereocenters. The van der Waals surface area contributed by atoms with E-state index in [1.54, 1.807) is 6.07 Å². The first-order valence-electron chi connectivity index (χ1n) is 5.69. The molecule has 0 atom stereocenters. The number of halogens is 2. The van der Waals surface area contributed by atoms with Gasteiger partial charge in [-0.1, -0.05) is 33.6 Å². The van der Waals surface area contributed by atoms with Gasteiger partial charge in [0.05, 0.1) is 5.02 Å². The highest BCUT2D eigenvalue weighted by Gasteiger charge is 2.13. The normalized spacial score (nSPS) is 12.5. The van der Waals surface area contributed by atoms with Crippen molar-refractivity contribution in [2.24, 2.45) is 0 Å². The van der Waals surface area contributed by atoms with Crippen molar-refractivity contribution < 1.29 is 14.2 Å². The smallest absolute Gasteiger partial charge is 0.231 e. The van der Waals surface area contributed by atoms with Gasteiger partial charge in [0.1, 0.15) is 12.4 Å². The zero-order chi connectivity index (χ0) is 13.2. The second-order valence-electron chi connectivity index (χ2n) is 4.05. The molecule has 0 aliphatic carbocycles. The van der Waals surface area contributed by atoms with E-state index in [9.17, 15) is 0 Å². The Morgan fingerprint density at radius 3 is 2.79 bits per heavy atom. The van der Waals surface area contributed by atoms with Crippen LogP contribution in [0.15, 0.2) is 40.9 Å². The van der Waals surface area contributed by atoms with E-state index < -0.39 is 0 Å². The third kappa shape index (κ3) is 2.80. The Kier molecular flexibility index (Phi) is 3.53. The second kappa shape index (κ2) is 5.31. The fraction of sp³-hybridized carbons (Fsp3) is 0.143. The van der Waals surface area contributed by atoms with Crippen LogP contribution in [0.4, 0.5) is 0 Å². The molecule has 0 aromatic heterocycles. The van der Waals surface area contributed by atoms with Crippen molar-refractivity contribution >= 4 is 27.5 Å². The molecule has 1 aliphatic heterocycles. The van der Waals surface area contributed by atoms with Crippen molar-refractivity contribution in [1.29, 1.82) is 0 Å². The molecule has 5 heteroatoms. The van der Waals surface area contributed by atoms with Crippen molar-refractivity contribution in [3.05, 3.63) is 51.5 Å². The molecule has 3 rings (SSSR count). The molecule has 98 valence electrons. The molecule has 2 aromatic rings. The summed E-state index contributed by atoms with van der Waals surface area (Å²) < 4.78 is 17.2. The predicted octanol–water partition coefficient (Wildman–Crippen LogP) is 4.41. The molecule has 0 bridgehead atoms. The first-order valence-corrected chi connectivity index (χ1v) is 6.86. The average Bonchev–Trinajstić information content (AvgIpc) is 2.85. The van der Waals surface area contributed by atoms with Crippen LogP contribution in [0.5, 0.6) is 17.2 Å². The van der Waals surface area contributed by atoms with Gasteiger partial charge in [0.2, 0.25) is 6.79 Å². The van der Waals surface area contributed by atoms with E-state index in [1.165, 1.54) is 0 Å². The van der Waals surface area contributed by atoms with E-state index in [2.05, 4.69) is 15.9 Å². The van der Waals surface area contributed by atoms with Crippen LogP contribution < -0.4 is 14.2 Å². The lowest BCUT2D eigenvalue weighted by atomic mass is 10.2. The van der Waals surface area contributed by atoms with Crippen molar-refractivity contribution in [2.45, 2.75) is 6.61 Å². The highest BCUT2D eigenvalue weighted by molar-refractivity contribution is 9.10. The van der Waals surface area contributed by atoms with Crippen LogP contribution in [0, 0.1) is 0 Å². The highest BCUT2D eigenvalue weighted by atomic mass is 79.9. The third-order valence-corrected chi connectivity index (χ3v) is 3.51. The van der Waals surface area contributed by atoms with Crippen molar-refractivity contribution in [3.8, 4) is 17.2 Å². The topological polar surface area (TPSA) is 27.7 Å². The summed E-state index contributed by atoms with van der Waals surface area (Å²) in [6.07, 6.45) is 0. The molecular weight excluding hydrogens is 332 g/mol. The van der Waals surface area contributed by atoms with Crippen LogP contribution in [-0.2, 0) is 6.61 Å². The quantitative estimate of drug-likeness (QED) is 0.827. The summed E-state index contributed by atoms with van der Waals surface area (Å²) >= 11 is 9.45. The highest BCUT2D eigenvalue weighted by Crippen LogP contribution is 2.33. The molecule has 2 aromatic carbocycles. The lowest BCUT2D eigenvalue weighted by Gasteiger charge is -2.08. The minimum absolute atomic E-state index is 0.276. The standard InChI is InChI=1S/C14H10BrClO3/c15-10-2-4-12(11(16)6-10)17-7-9-1-3-13-14(5-9)19-8-18-13/h1-6H,7-8H2. The summed E-state index contributed by atoms with van der Waals surface area (Å²) in [6, 6.07) is 11.3. The second-order valence-corrected chi connectivity index (χ2v) is 5.37. The van der Waals surface area contributed by atoms with Gasteiger partial charge < -0.3 is 14.2 Å². The van der Waals surface area contributed by atoms with E-state index in [0.717, 1.165) is 21.5 Å². The molecule has 0 fully saturated rings. The fourth-order valence-electron chi connectivity index (χ4n) is 1.78. The van der Waals surface area contributed by atoms with E-state index in [1.807, 2.05) is 30.3 Å². The van der Waals surface area contributed by atoms with Gasteiger partial charge in [-0.2, -0.15) is 0 Å². The number of hydrogen-bond acceptors (Lipinski definition) is 3. The summed E-state index contributed by atoms with van der Waals surface area (Å²) in [5, 5.41) is 0.579. The molecule has 3 nitrogen and oxygen atoms in total. The van der Waals surface area contributed by atoms with Crippen LogP contribution in [0.1, 0.15) is 5.56 Å². The van der Waals surface area contributed by atoms with Gasteiger partial charge in [0, 0.05) is 4.47 Å². The fourth-order valence-corrected chi connectivity index (χ4v) is 2.51. The Morgan fingerprint density at radius 1 is 1.11 bits per heavy atom. The van der Waals surface area contributed by atoms with Crippen LogP contribution in [0.25, 0.3) is 0 Å². The first kappa shape index (κ1) is 12.6. The van der Waals surface area contributed by atoms with E-state index in [0.29, 0.717) is 17.4 Å². The van der Waals surface area contributed by atoms with Crippen molar-refractivity contribution in [2.75, 3.05) is 6.79 Å². The van der Waals surface area contributed by atoms with Gasteiger partial charge in [-0.25, -0.2) is 0 Å². The zero-order valence-corrected chi connectivity index (χ0v) is 12.2. The summed E-state index contributed by atoms with van der Waals surface area (Å²) in [5.74, 6) is 2.18. The maximum absolute atomic E-state index is 6.09. The maximum atomic E-state index is 6.09. The number of benzene rings is 2. The molecule has 0 amide bonds. The minimum Gasteiger partial charge on any atom is -0.487 e. The Labute approximate surface area is 124 Å². The third-order valence-electron chi connectivity index (χ3n) is 2.73. The largest absolute Gasteiger partial charge is 0.487 e. The summed E-state index contributed by atoms with van der Waals surface area (Å²) in [5.41, 5.74) is 1.00. The van der Waals surface area contributed by atoms with Gasteiger partial charge in [-0.05, 0) is 35.9 Å². The van der Waals surface area contributed by atoms with Crippen LogP contribution >= 0.6 is 27.5 Å². The van der Waals surface area contributed by atoms with Crippen LogP contribution in [0.3, 0.4) is 0 Å². The Balaban J connectivity index is 1.72. The molecule has 19 heavy (non-hydrogen) atoms. The molecular formula is C14H10BrClO3. The van der Waals surface area contributed by atoms with Gasteiger partial charge in [-0.3, -0.25) is 0 Å². The van der Waals surface area contributed by atoms with Crippen molar-refractivity contribution in [3.63, 3.8) is 0 Å². The monoisotopic (exact) mass is 340 g/mol. The summed E-state index contributed by atoms with van der Waals surface area (Å²) in [4.78, 5) is 0. The summed E-state index contributed by atoms with van der Waals surface area (Å²) in [7, 11) is 0. The number of ether oxygens (including phenoxy) is 3. The molecule has 1 aliphatic rings. The Morgan fingerprint density at radius 2 is 1.95 bits per heavy atom. The number of fused-ring (bicyclic) bond motifs is 1. The molecule has 0 saturated carbocycles. The summed E-state index contributed by atoms with van der Waals surface area (Å²) in [6.45, 7) is 0.705. The zero-order valence-electron chi connectivity index (χ0n) is 9.86. The van der Waals surface area contributed by atoms with Crippen molar-refractivity contribution in [1.82, 2.24) is 0 Å². The Bertz CT molecular complexity index is 616.